The van der Waals surface area contributed by atoms with Crippen LogP contribution in [0.25, 0.3) is 0 Å². The molecule has 1 amide bonds. The van der Waals surface area contributed by atoms with Crippen molar-refractivity contribution in [3.63, 3.8) is 0 Å². The number of carbonyl (C=O) groups excluding carboxylic acids is 2. The first-order valence-electron chi connectivity index (χ1n) is 7.75. The van der Waals surface area contributed by atoms with Crippen LogP contribution >= 0.6 is 0 Å². The summed E-state index contributed by atoms with van der Waals surface area (Å²) in [6.45, 7) is 12.3. The highest BCUT2D eigenvalue weighted by molar-refractivity contribution is 5.85. The van der Waals surface area contributed by atoms with Crippen molar-refractivity contribution in [1.82, 2.24) is 9.80 Å². The molecule has 0 aromatic heterocycles. The average Bonchev–Trinajstić information content (AvgIpc) is 2.76. The van der Waals surface area contributed by atoms with Crippen LogP contribution in [0.3, 0.4) is 0 Å². The summed E-state index contributed by atoms with van der Waals surface area (Å²) in [5.74, 6) is -0.411. The average molecular weight is 296 g/mol. The molecule has 1 saturated heterocycles. The minimum absolute atomic E-state index is 0.0143. The Bertz CT molecular complexity index is 374. The van der Waals surface area contributed by atoms with Gasteiger partial charge in [0.05, 0.1) is 12.6 Å². The number of hydrogen-bond acceptors (Lipinski definition) is 4. The molecule has 1 rings (SSSR count). The van der Waals surface area contributed by atoms with Crippen molar-refractivity contribution in [3.05, 3.63) is 12.7 Å². The molecular formula is C16H28N2O3. The van der Waals surface area contributed by atoms with Crippen LogP contribution in [0, 0.1) is 0 Å². The van der Waals surface area contributed by atoms with E-state index in [0.717, 1.165) is 12.8 Å². The van der Waals surface area contributed by atoms with Gasteiger partial charge in [-0.1, -0.05) is 6.08 Å². The number of likely N-dealkylation sites (tertiary alicyclic amines) is 1. The van der Waals surface area contributed by atoms with Crippen LogP contribution in [0.2, 0.25) is 0 Å². The van der Waals surface area contributed by atoms with E-state index in [4.69, 9.17) is 4.74 Å². The van der Waals surface area contributed by atoms with Gasteiger partial charge in [-0.05, 0) is 40.5 Å². The molecule has 5 heteroatoms. The Morgan fingerprint density at radius 3 is 2.43 bits per heavy atom. The number of rotatable bonds is 7. The van der Waals surface area contributed by atoms with Crippen LogP contribution in [0.5, 0.6) is 0 Å². The maximum Gasteiger partial charge on any atom is 0.325 e. The Balaban J connectivity index is 2.74. The van der Waals surface area contributed by atoms with E-state index in [9.17, 15) is 9.59 Å². The fourth-order valence-corrected chi connectivity index (χ4v) is 3.12. The van der Waals surface area contributed by atoms with Gasteiger partial charge in [-0.25, -0.2) is 0 Å². The van der Waals surface area contributed by atoms with E-state index in [0.29, 0.717) is 25.2 Å². The van der Waals surface area contributed by atoms with Gasteiger partial charge in [0, 0.05) is 18.6 Å². The third-order valence-electron chi connectivity index (χ3n) is 4.11. The predicted molar refractivity (Wildman–Crippen MR) is 82.9 cm³/mol. The van der Waals surface area contributed by atoms with Gasteiger partial charge in [-0.2, -0.15) is 0 Å². The zero-order chi connectivity index (χ0) is 16.0. The topological polar surface area (TPSA) is 49.9 Å². The Kier molecular flexibility index (Phi) is 6.89. The van der Waals surface area contributed by atoms with E-state index in [-0.39, 0.29) is 24.5 Å². The van der Waals surface area contributed by atoms with E-state index in [1.54, 1.807) is 13.0 Å². The minimum atomic E-state index is -0.373. The highest BCUT2D eigenvalue weighted by atomic mass is 16.5. The summed E-state index contributed by atoms with van der Waals surface area (Å²) in [4.78, 5) is 28.1. The second kappa shape index (κ2) is 8.17. The molecule has 5 nitrogen and oxygen atoms in total. The van der Waals surface area contributed by atoms with Gasteiger partial charge in [0.2, 0.25) is 5.91 Å². The number of nitrogens with zero attached hydrogens (tertiary/aromatic N) is 2. The first kappa shape index (κ1) is 17.7. The summed E-state index contributed by atoms with van der Waals surface area (Å²) in [5, 5.41) is 0. The molecular weight excluding hydrogens is 268 g/mol. The molecule has 0 saturated carbocycles. The van der Waals surface area contributed by atoms with Gasteiger partial charge in [-0.15, -0.1) is 6.58 Å². The van der Waals surface area contributed by atoms with E-state index in [2.05, 4.69) is 25.3 Å². The number of esters is 1. The molecule has 0 spiro atoms. The molecule has 0 N–H and O–H groups in total. The van der Waals surface area contributed by atoms with Crippen LogP contribution < -0.4 is 0 Å². The number of ether oxygens (including phenoxy) is 1. The molecule has 0 aromatic rings. The van der Waals surface area contributed by atoms with Crippen molar-refractivity contribution in [2.24, 2.45) is 0 Å². The van der Waals surface area contributed by atoms with Crippen molar-refractivity contribution < 1.29 is 14.3 Å². The second-order valence-corrected chi connectivity index (χ2v) is 5.71. The molecule has 0 aliphatic carbocycles. The van der Waals surface area contributed by atoms with Crippen molar-refractivity contribution in [1.29, 1.82) is 0 Å². The normalized spacial score (nSPS) is 23.6. The summed E-state index contributed by atoms with van der Waals surface area (Å²) >= 11 is 0. The lowest BCUT2D eigenvalue weighted by molar-refractivity contribution is -0.150. The highest BCUT2D eigenvalue weighted by Crippen LogP contribution is 2.26. The standard InChI is InChI=1S/C16H28N2O3/c1-6-10-17(11-15(19)21-7-2)16(20)14(5)18-12(3)8-9-13(18)4/h6,12-14H,1,7-11H2,2-5H3. The van der Waals surface area contributed by atoms with E-state index in [1.807, 2.05) is 6.92 Å². The number of carbonyl (C=O) groups is 2. The lowest BCUT2D eigenvalue weighted by atomic mass is 10.2. The van der Waals surface area contributed by atoms with Gasteiger partial charge in [0.1, 0.15) is 6.54 Å². The molecule has 21 heavy (non-hydrogen) atoms. The van der Waals surface area contributed by atoms with Crippen molar-refractivity contribution in [3.8, 4) is 0 Å². The molecule has 0 aromatic carbocycles. The largest absolute Gasteiger partial charge is 0.465 e. The zero-order valence-corrected chi connectivity index (χ0v) is 13.7. The molecule has 0 bridgehead atoms. The second-order valence-electron chi connectivity index (χ2n) is 5.71. The SMILES string of the molecule is C=CCN(CC(=O)OCC)C(=O)C(C)N1C(C)CCC1C. The van der Waals surface area contributed by atoms with Gasteiger partial charge in [0.25, 0.3) is 0 Å². The van der Waals surface area contributed by atoms with Crippen LogP contribution in [-0.2, 0) is 14.3 Å². The summed E-state index contributed by atoms with van der Waals surface area (Å²) in [6, 6.07) is 0.561. The smallest absolute Gasteiger partial charge is 0.325 e. The van der Waals surface area contributed by atoms with E-state index >= 15 is 0 Å². The predicted octanol–water partition coefficient (Wildman–Crippen LogP) is 1.83. The Hall–Kier alpha value is -1.36. The lowest BCUT2D eigenvalue weighted by Gasteiger charge is -2.34. The van der Waals surface area contributed by atoms with Crippen molar-refractivity contribution >= 4 is 11.9 Å². The number of amides is 1. The van der Waals surface area contributed by atoms with Crippen molar-refractivity contribution in [2.45, 2.75) is 58.7 Å². The monoisotopic (exact) mass is 296 g/mol. The van der Waals surface area contributed by atoms with Gasteiger partial charge < -0.3 is 9.64 Å². The van der Waals surface area contributed by atoms with Crippen LogP contribution in [0.4, 0.5) is 0 Å². The molecule has 1 fully saturated rings. The van der Waals surface area contributed by atoms with E-state index in [1.165, 1.54) is 4.90 Å². The summed E-state index contributed by atoms with van der Waals surface area (Å²) < 4.78 is 4.94. The third kappa shape index (κ3) is 4.56. The van der Waals surface area contributed by atoms with Crippen LogP contribution in [0.1, 0.15) is 40.5 Å². The quantitative estimate of drug-likeness (QED) is 0.531. The lowest BCUT2D eigenvalue weighted by Crippen LogP contribution is -2.51. The summed E-state index contributed by atoms with van der Waals surface area (Å²) in [6.07, 6.45) is 3.86. The van der Waals surface area contributed by atoms with E-state index < -0.39 is 0 Å². The first-order chi connectivity index (χ1) is 9.92. The summed E-state index contributed by atoms with van der Waals surface area (Å²) in [7, 11) is 0. The molecule has 0 radical (unpaired) electrons. The molecule has 1 aliphatic rings. The van der Waals surface area contributed by atoms with Gasteiger partial charge >= 0.3 is 5.97 Å². The Morgan fingerprint density at radius 2 is 1.95 bits per heavy atom. The zero-order valence-electron chi connectivity index (χ0n) is 13.7. The third-order valence-corrected chi connectivity index (χ3v) is 4.11. The Morgan fingerprint density at radius 1 is 1.38 bits per heavy atom. The van der Waals surface area contributed by atoms with Gasteiger partial charge in [-0.3, -0.25) is 14.5 Å². The molecule has 120 valence electrons. The maximum absolute atomic E-state index is 12.7. The Labute approximate surface area is 127 Å². The maximum atomic E-state index is 12.7. The fourth-order valence-electron chi connectivity index (χ4n) is 3.12. The molecule has 1 aliphatic heterocycles. The molecule has 3 unspecified atom stereocenters. The highest BCUT2D eigenvalue weighted by Gasteiger charge is 2.36. The molecule has 1 heterocycles. The fraction of sp³-hybridized carbons (Fsp3) is 0.750. The summed E-state index contributed by atoms with van der Waals surface area (Å²) in [5.41, 5.74) is 0. The first-order valence-corrected chi connectivity index (χ1v) is 7.75. The number of hydrogen-bond donors (Lipinski definition) is 0. The minimum Gasteiger partial charge on any atom is -0.465 e. The van der Waals surface area contributed by atoms with Crippen molar-refractivity contribution in [2.75, 3.05) is 19.7 Å². The van der Waals surface area contributed by atoms with Crippen LogP contribution in [-0.4, -0.2) is 59.5 Å². The molecule has 3 atom stereocenters. The van der Waals surface area contributed by atoms with Gasteiger partial charge in [0.15, 0.2) is 0 Å². The van der Waals surface area contributed by atoms with Crippen LogP contribution in [0.15, 0.2) is 12.7 Å².